The summed E-state index contributed by atoms with van der Waals surface area (Å²) in [5.41, 5.74) is 1.29. The molecule has 152 valence electrons. The molecule has 0 unspecified atom stereocenters. The van der Waals surface area contributed by atoms with Gasteiger partial charge in [0, 0.05) is 31.7 Å². The molecule has 1 heterocycles. The first-order valence-corrected chi connectivity index (χ1v) is 11.0. The molecule has 1 aliphatic rings. The van der Waals surface area contributed by atoms with Crippen LogP contribution in [0.5, 0.6) is 0 Å². The van der Waals surface area contributed by atoms with Crippen molar-refractivity contribution in [2.75, 3.05) is 32.7 Å². The van der Waals surface area contributed by atoms with E-state index < -0.39 is 10.0 Å². The molecule has 1 amide bonds. The second-order valence-corrected chi connectivity index (χ2v) is 8.94. The number of quaternary nitrogens is 1. The Labute approximate surface area is 171 Å². The summed E-state index contributed by atoms with van der Waals surface area (Å²) in [7, 11) is -3.75. The van der Waals surface area contributed by atoms with Crippen LogP contribution in [0.25, 0.3) is 0 Å². The number of nitrogens with zero attached hydrogens (tertiary/aromatic N) is 3. The van der Waals surface area contributed by atoms with Gasteiger partial charge in [0.1, 0.15) is 12.1 Å². The fourth-order valence-electron chi connectivity index (χ4n) is 3.40. The quantitative estimate of drug-likeness (QED) is 0.754. The van der Waals surface area contributed by atoms with Crippen LogP contribution in [0.15, 0.2) is 59.5 Å². The smallest absolute Gasteiger partial charge is 0.277 e. The maximum atomic E-state index is 12.9. The van der Waals surface area contributed by atoms with E-state index in [1.165, 1.54) is 16.4 Å². The molecular weight excluding hydrogens is 388 g/mol. The lowest BCUT2D eigenvalue weighted by Gasteiger charge is -2.33. The average Bonchev–Trinajstić information content (AvgIpc) is 2.77. The normalized spacial score (nSPS) is 16.2. The molecule has 29 heavy (non-hydrogen) atoms. The third-order valence-electron chi connectivity index (χ3n) is 5.19. The molecule has 2 aromatic rings. The van der Waals surface area contributed by atoms with Crippen LogP contribution >= 0.6 is 0 Å². The van der Waals surface area contributed by atoms with Crippen molar-refractivity contribution in [2.45, 2.75) is 17.9 Å². The number of hydrogen-bond donors (Lipinski definition) is 1. The van der Waals surface area contributed by atoms with Crippen LogP contribution in [0.4, 0.5) is 0 Å². The molecule has 8 heteroatoms. The minimum absolute atomic E-state index is 0.00209. The summed E-state index contributed by atoms with van der Waals surface area (Å²) in [5, 5.41) is 11.2. The van der Waals surface area contributed by atoms with Crippen molar-refractivity contribution >= 4 is 15.9 Å². The summed E-state index contributed by atoms with van der Waals surface area (Å²) >= 11 is 0. The summed E-state index contributed by atoms with van der Waals surface area (Å²) < 4.78 is 27.1. The molecule has 0 saturated carbocycles. The van der Waals surface area contributed by atoms with E-state index >= 15 is 0 Å². The number of amides is 1. The Morgan fingerprint density at radius 3 is 2.34 bits per heavy atom. The van der Waals surface area contributed by atoms with Crippen molar-refractivity contribution in [3.8, 4) is 6.07 Å². The Bertz CT molecular complexity index is 994. The van der Waals surface area contributed by atoms with Gasteiger partial charge in [-0.15, -0.1) is 0 Å². The number of benzene rings is 2. The van der Waals surface area contributed by atoms with E-state index in [2.05, 4.69) is 6.92 Å². The molecular formula is C21H25N4O3S+. The zero-order chi connectivity index (χ0) is 20.9. The summed E-state index contributed by atoms with van der Waals surface area (Å²) in [5.74, 6) is 0.00209. The van der Waals surface area contributed by atoms with Crippen molar-refractivity contribution in [1.82, 2.24) is 9.21 Å². The SMILES string of the molecule is C[C@H]([NH2+]CC(=O)N1CCN(S(=O)(=O)c2ccccc2C#N)CC1)c1ccccc1. The highest BCUT2D eigenvalue weighted by molar-refractivity contribution is 7.89. The van der Waals surface area contributed by atoms with Gasteiger partial charge in [0.2, 0.25) is 10.0 Å². The second kappa shape index (κ2) is 9.18. The lowest BCUT2D eigenvalue weighted by Crippen LogP contribution is -2.87. The molecule has 0 aromatic heterocycles. The van der Waals surface area contributed by atoms with Crippen LogP contribution in [-0.2, 0) is 14.8 Å². The minimum atomic E-state index is -3.75. The van der Waals surface area contributed by atoms with E-state index in [9.17, 15) is 18.5 Å². The lowest BCUT2D eigenvalue weighted by molar-refractivity contribution is -0.683. The van der Waals surface area contributed by atoms with E-state index in [1.807, 2.05) is 41.7 Å². The molecule has 1 aliphatic heterocycles. The third-order valence-corrected chi connectivity index (χ3v) is 7.14. The number of nitrogens with two attached hydrogens (primary N) is 1. The number of sulfonamides is 1. The average molecular weight is 414 g/mol. The molecule has 2 aromatic carbocycles. The van der Waals surface area contributed by atoms with Gasteiger partial charge in [0.15, 0.2) is 6.54 Å². The molecule has 1 atom stereocenters. The predicted molar refractivity (Wildman–Crippen MR) is 108 cm³/mol. The number of piperazine rings is 1. The van der Waals surface area contributed by atoms with E-state index in [-0.39, 0.29) is 35.5 Å². The largest absolute Gasteiger partial charge is 0.335 e. The van der Waals surface area contributed by atoms with Crippen molar-refractivity contribution in [2.24, 2.45) is 0 Å². The summed E-state index contributed by atoms with van der Waals surface area (Å²) in [6.45, 7) is 3.52. The summed E-state index contributed by atoms with van der Waals surface area (Å²) in [4.78, 5) is 14.3. The van der Waals surface area contributed by atoms with Gasteiger partial charge < -0.3 is 10.2 Å². The van der Waals surface area contributed by atoms with Gasteiger partial charge in [-0.3, -0.25) is 4.79 Å². The number of carbonyl (C=O) groups excluding carboxylic acids is 1. The van der Waals surface area contributed by atoms with Crippen LogP contribution in [0, 0.1) is 11.3 Å². The van der Waals surface area contributed by atoms with Crippen molar-refractivity contribution in [3.05, 3.63) is 65.7 Å². The van der Waals surface area contributed by atoms with Gasteiger partial charge in [0.05, 0.1) is 10.5 Å². The highest BCUT2D eigenvalue weighted by atomic mass is 32.2. The van der Waals surface area contributed by atoms with E-state index in [4.69, 9.17) is 0 Å². The van der Waals surface area contributed by atoms with Crippen molar-refractivity contribution in [3.63, 3.8) is 0 Å². The molecule has 1 fully saturated rings. The zero-order valence-corrected chi connectivity index (χ0v) is 17.2. The van der Waals surface area contributed by atoms with Gasteiger partial charge >= 0.3 is 0 Å². The minimum Gasteiger partial charge on any atom is -0.335 e. The molecule has 2 N–H and O–H groups in total. The first-order valence-electron chi connectivity index (χ1n) is 9.59. The Kier molecular flexibility index (Phi) is 6.64. The molecule has 3 rings (SSSR count). The number of hydrogen-bond acceptors (Lipinski definition) is 4. The van der Waals surface area contributed by atoms with Gasteiger partial charge in [-0.1, -0.05) is 42.5 Å². The summed E-state index contributed by atoms with van der Waals surface area (Å²) in [6, 6.07) is 18.3. The maximum Gasteiger partial charge on any atom is 0.277 e. The van der Waals surface area contributed by atoms with Crippen LogP contribution in [0.1, 0.15) is 24.1 Å². The Hall–Kier alpha value is -2.73. The topological polar surface area (TPSA) is 98.1 Å². The predicted octanol–water partition coefficient (Wildman–Crippen LogP) is 0.716. The monoisotopic (exact) mass is 413 g/mol. The van der Waals surface area contributed by atoms with Crippen molar-refractivity contribution in [1.29, 1.82) is 5.26 Å². The highest BCUT2D eigenvalue weighted by Crippen LogP contribution is 2.21. The van der Waals surface area contributed by atoms with E-state index in [0.29, 0.717) is 19.6 Å². The molecule has 0 radical (unpaired) electrons. The zero-order valence-electron chi connectivity index (χ0n) is 16.4. The van der Waals surface area contributed by atoms with Crippen LogP contribution in [0.3, 0.4) is 0 Å². The standard InChI is InChI=1S/C21H24N4O3S/c1-17(18-7-3-2-4-8-18)23-16-21(26)24-11-13-25(14-12-24)29(27,28)20-10-6-5-9-19(20)15-22/h2-10,17,23H,11-14,16H2,1H3/p+1/t17-/m0/s1. The second-order valence-electron chi connectivity index (χ2n) is 7.03. The van der Waals surface area contributed by atoms with Crippen LogP contribution in [-0.4, -0.2) is 56.3 Å². The molecule has 0 aliphatic carbocycles. The first kappa shape index (κ1) is 21.0. The molecule has 0 bridgehead atoms. The van der Waals surface area contributed by atoms with E-state index in [0.717, 1.165) is 5.56 Å². The maximum absolute atomic E-state index is 12.9. The fraction of sp³-hybridized carbons (Fsp3) is 0.333. The van der Waals surface area contributed by atoms with Gasteiger partial charge in [-0.05, 0) is 19.1 Å². The Morgan fingerprint density at radius 2 is 1.69 bits per heavy atom. The Balaban J connectivity index is 1.56. The van der Waals surface area contributed by atoms with Crippen molar-refractivity contribution < 1.29 is 18.5 Å². The fourth-order valence-corrected chi connectivity index (χ4v) is 4.96. The first-order chi connectivity index (χ1) is 13.9. The van der Waals surface area contributed by atoms with Gasteiger partial charge in [-0.25, -0.2) is 8.42 Å². The number of rotatable bonds is 6. The molecule has 7 nitrogen and oxygen atoms in total. The molecule has 1 saturated heterocycles. The number of nitriles is 1. The lowest BCUT2D eigenvalue weighted by atomic mass is 10.1. The van der Waals surface area contributed by atoms with Gasteiger partial charge in [0.25, 0.3) is 5.91 Å². The highest BCUT2D eigenvalue weighted by Gasteiger charge is 2.31. The Morgan fingerprint density at radius 1 is 1.07 bits per heavy atom. The van der Waals surface area contributed by atoms with Crippen LogP contribution < -0.4 is 5.32 Å². The van der Waals surface area contributed by atoms with Crippen LogP contribution in [0.2, 0.25) is 0 Å². The van der Waals surface area contributed by atoms with E-state index in [1.54, 1.807) is 17.0 Å². The van der Waals surface area contributed by atoms with Gasteiger partial charge in [-0.2, -0.15) is 9.57 Å². The third kappa shape index (κ3) is 4.82. The summed E-state index contributed by atoms with van der Waals surface area (Å²) in [6.07, 6.45) is 0. The molecule has 0 spiro atoms. The number of carbonyl (C=O) groups is 1.